The molecule has 0 aliphatic carbocycles. The fourth-order valence-corrected chi connectivity index (χ4v) is 1.03. The van der Waals surface area contributed by atoms with Gasteiger partial charge in [-0.05, 0) is 18.2 Å². The average molecular weight is 235 g/mol. The van der Waals surface area contributed by atoms with E-state index in [1.165, 1.54) is 18.2 Å². The Balaban J connectivity index is 0.000000500. The lowest BCUT2D eigenvalue weighted by atomic mass is 10.2. The van der Waals surface area contributed by atoms with Gasteiger partial charge in [0.2, 0.25) is 0 Å². The molecular formula is C8H4Cl2O4. The second-order valence-electron chi connectivity index (χ2n) is 2.01. The quantitative estimate of drug-likeness (QED) is 0.808. The van der Waals surface area contributed by atoms with E-state index >= 15 is 0 Å². The van der Waals surface area contributed by atoms with E-state index in [2.05, 4.69) is 0 Å². The summed E-state index contributed by atoms with van der Waals surface area (Å²) in [6.07, 6.45) is 0.250. The molecule has 6 heteroatoms. The van der Waals surface area contributed by atoms with Crippen molar-refractivity contribution < 1.29 is 19.5 Å². The van der Waals surface area contributed by atoms with E-state index in [9.17, 15) is 4.79 Å². The van der Waals surface area contributed by atoms with Gasteiger partial charge in [0.25, 0.3) is 0 Å². The van der Waals surface area contributed by atoms with Gasteiger partial charge in [-0.2, -0.15) is 9.59 Å². The molecule has 0 bridgehead atoms. The molecule has 0 fully saturated rings. The van der Waals surface area contributed by atoms with Crippen LogP contribution in [0.25, 0.3) is 0 Å². The molecule has 0 aromatic heterocycles. The Kier molecular flexibility index (Phi) is 5.56. The highest BCUT2D eigenvalue weighted by atomic mass is 35.5. The molecule has 1 aromatic carbocycles. The zero-order valence-corrected chi connectivity index (χ0v) is 8.17. The van der Waals surface area contributed by atoms with Crippen molar-refractivity contribution in [3.05, 3.63) is 33.8 Å². The average Bonchev–Trinajstić information content (AvgIpc) is 2.10. The van der Waals surface area contributed by atoms with Gasteiger partial charge in [-0.3, -0.25) is 0 Å². The third-order valence-electron chi connectivity index (χ3n) is 1.16. The van der Waals surface area contributed by atoms with E-state index in [4.69, 9.17) is 37.9 Å². The maximum Gasteiger partial charge on any atom is 0.373 e. The molecule has 0 spiro atoms. The van der Waals surface area contributed by atoms with Crippen LogP contribution < -0.4 is 0 Å². The summed E-state index contributed by atoms with van der Waals surface area (Å²) in [6.45, 7) is 0. The SMILES string of the molecule is O=C(O)c1cc(Cl)ccc1Cl.O=C=O. The number of halogens is 2. The first-order valence-corrected chi connectivity index (χ1v) is 3.96. The minimum absolute atomic E-state index is 0.0270. The molecule has 0 saturated heterocycles. The van der Waals surface area contributed by atoms with Crippen molar-refractivity contribution in [3.8, 4) is 0 Å². The summed E-state index contributed by atoms with van der Waals surface area (Å²) in [5.74, 6) is -1.07. The summed E-state index contributed by atoms with van der Waals surface area (Å²) in [5, 5.41) is 9.11. The number of rotatable bonds is 1. The van der Waals surface area contributed by atoms with Gasteiger partial charge in [0.05, 0.1) is 10.6 Å². The summed E-state index contributed by atoms with van der Waals surface area (Å²) in [6, 6.07) is 4.30. The van der Waals surface area contributed by atoms with Crippen LogP contribution >= 0.6 is 23.2 Å². The van der Waals surface area contributed by atoms with Gasteiger partial charge in [0, 0.05) is 5.02 Å². The Bertz CT molecular complexity index is 370. The molecule has 0 radical (unpaired) electrons. The maximum atomic E-state index is 10.4. The molecule has 1 aromatic rings. The van der Waals surface area contributed by atoms with Crippen LogP contribution in [0.4, 0.5) is 0 Å². The molecule has 14 heavy (non-hydrogen) atoms. The molecule has 0 aliphatic heterocycles. The fourth-order valence-electron chi connectivity index (χ4n) is 0.661. The van der Waals surface area contributed by atoms with Crippen LogP contribution in [-0.4, -0.2) is 17.2 Å². The molecule has 74 valence electrons. The van der Waals surface area contributed by atoms with Crippen molar-refractivity contribution in [2.24, 2.45) is 0 Å². The number of hydrogen-bond acceptors (Lipinski definition) is 3. The standard InChI is InChI=1S/C7H4Cl2O2.CO2/c8-4-1-2-6(9)5(3-4)7(10)11;2-1-3/h1-3H,(H,10,11);. The van der Waals surface area contributed by atoms with Gasteiger partial charge in [-0.1, -0.05) is 23.2 Å². The van der Waals surface area contributed by atoms with E-state index in [0.717, 1.165) is 0 Å². The van der Waals surface area contributed by atoms with Crippen LogP contribution in [0.15, 0.2) is 18.2 Å². The Morgan fingerprint density at radius 1 is 1.29 bits per heavy atom. The molecule has 0 atom stereocenters. The summed E-state index contributed by atoms with van der Waals surface area (Å²) in [5.41, 5.74) is 0.0270. The topological polar surface area (TPSA) is 71.4 Å². The number of aromatic carboxylic acids is 1. The van der Waals surface area contributed by atoms with Gasteiger partial charge in [-0.25, -0.2) is 4.79 Å². The Morgan fingerprint density at radius 2 is 1.79 bits per heavy atom. The normalized spacial score (nSPS) is 8.14. The Hall–Kier alpha value is -1.35. The Morgan fingerprint density at radius 3 is 2.14 bits per heavy atom. The van der Waals surface area contributed by atoms with Crippen molar-refractivity contribution >= 4 is 35.3 Å². The van der Waals surface area contributed by atoms with Crippen LogP contribution in [0.1, 0.15) is 10.4 Å². The first kappa shape index (κ1) is 12.7. The zero-order chi connectivity index (χ0) is 11.1. The highest BCUT2D eigenvalue weighted by Gasteiger charge is 2.07. The summed E-state index contributed by atoms with van der Waals surface area (Å²) >= 11 is 11.1. The van der Waals surface area contributed by atoms with Crippen LogP contribution in [0.2, 0.25) is 10.0 Å². The zero-order valence-electron chi connectivity index (χ0n) is 6.66. The van der Waals surface area contributed by atoms with Crippen LogP contribution in [0.5, 0.6) is 0 Å². The predicted molar refractivity (Wildman–Crippen MR) is 48.4 cm³/mol. The summed E-state index contributed by atoms with van der Waals surface area (Å²) < 4.78 is 0. The van der Waals surface area contributed by atoms with Crippen molar-refractivity contribution in [3.63, 3.8) is 0 Å². The number of carbonyl (C=O) groups is 1. The molecular weight excluding hydrogens is 231 g/mol. The summed E-state index contributed by atoms with van der Waals surface area (Å²) in [7, 11) is 0. The minimum Gasteiger partial charge on any atom is -0.478 e. The fraction of sp³-hybridized carbons (Fsp3) is 0. The van der Waals surface area contributed by atoms with Crippen molar-refractivity contribution in [1.29, 1.82) is 0 Å². The van der Waals surface area contributed by atoms with Gasteiger partial charge >= 0.3 is 12.1 Å². The van der Waals surface area contributed by atoms with E-state index in [1.54, 1.807) is 0 Å². The molecule has 0 heterocycles. The third kappa shape index (κ3) is 4.05. The van der Waals surface area contributed by atoms with Crippen molar-refractivity contribution in [1.82, 2.24) is 0 Å². The number of benzene rings is 1. The second kappa shape index (κ2) is 6.16. The van der Waals surface area contributed by atoms with E-state index < -0.39 is 5.97 Å². The number of hydrogen-bond donors (Lipinski definition) is 1. The maximum absolute atomic E-state index is 10.4. The van der Waals surface area contributed by atoms with E-state index in [0.29, 0.717) is 5.02 Å². The minimum atomic E-state index is -1.07. The van der Waals surface area contributed by atoms with Crippen molar-refractivity contribution in [2.45, 2.75) is 0 Å². The lowest BCUT2D eigenvalue weighted by Gasteiger charge is -1.97. The van der Waals surface area contributed by atoms with Gasteiger partial charge in [0.1, 0.15) is 0 Å². The van der Waals surface area contributed by atoms with Crippen LogP contribution in [-0.2, 0) is 9.59 Å². The first-order valence-electron chi connectivity index (χ1n) is 3.20. The molecule has 0 amide bonds. The molecule has 4 nitrogen and oxygen atoms in total. The van der Waals surface area contributed by atoms with Crippen molar-refractivity contribution in [2.75, 3.05) is 0 Å². The molecule has 1 rings (SSSR count). The molecule has 0 aliphatic rings. The number of carboxylic acids is 1. The third-order valence-corrected chi connectivity index (χ3v) is 1.72. The van der Waals surface area contributed by atoms with Crippen LogP contribution in [0.3, 0.4) is 0 Å². The second-order valence-corrected chi connectivity index (χ2v) is 2.86. The smallest absolute Gasteiger partial charge is 0.373 e. The largest absolute Gasteiger partial charge is 0.478 e. The van der Waals surface area contributed by atoms with E-state index in [-0.39, 0.29) is 16.7 Å². The molecule has 0 saturated carbocycles. The van der Waals surface area contributed by atoms with E-state index in [1.807, 2.05) is 0 Å². The Labute approximate surface area is 89.1 Å². The molecule has 0 unspecified atom stereocenters. The van der Waals surface area contributed by atoms with Gasteiger partial charge < -0.3 is 5.11 Å². The van der Waals surface area contributed by atoms with Crippen LogP contribution in [0, 0.1) is 0 Å². The number of carboxylic acid groups (broad SMARTS) is 1. The van der Waals surface area contributed by atoms with Gasteiger partial charge in [-0.15, -0.1) is 0 Å². The first-order chi connectivity index (χ1) is 6.52. The monoisotopic (exact) mass is 234 g/mol. The lowest BCUT2D eigenvalue weighted by molar-refractivity contribution is -0.191. The lowest BCUT2D eigenvalue weighted by Crippen LogP contribution is -1.96. The molecule has 1 N–H and O–H groups in total. The summed E-state index contributed by atoms with van der Waals surface area (Å²) in [4.78, 5) is 26.7. The van der Waals surface area contributed by atoms with Gasteiger partial charge in [0.15, 0.2) is 0 Å². The number of carbonyl (C=O) groups excluding carboxylic acids is 2. The highest BCUT2D eigenvalue weighted by Crippen LogP contribution is 2.20. The highest BCUT2D eigenvalue weighted by molar-refractivity contribution is 6.35. The predicted octanol–water partition coefficient (Wildman–Crippen LogP) is 2.11.